The Labute approximate surface area is 168 Å². The van der Waals surface area contributed by atoms with Gasteiger partial charge in [0.15, 0.2) is 11.0 Å². The minimum absolute atomic E-state index is 0.0452. The fraction of sp³-hybridized carbons (Fsp3) is 0.350. The lowest BCUT2D eigenvalue weighted by Gasteiger charge is -2.13. The Morgan fingerprint density at radius 2 is 1.85 bits per heavy atom. The first-order valence-electron chi connectivity index (χ1n) is 8.85. The molecule has 0 aliphatic carbocycles. The number of hydrogen-bond acceptors (Lipinski definition) is 5. The normalized spacial score (nSPS) is 11.2. The van der Waals surface area contributed by atoms with Crippen molar-refractivity contribution < 1.29 is 4.79 Å². The van der Waals surface area contributed by atoms with E-state index in [9.17, 15) is 4.79 Å². The van der Waals surface area contributed by atoms with Gasteiger partial charge in [-0.1, -0.05) is 17.8 Å². The summed E-state index contributed by atoms with van der Waals surface area (Å²) < 4.78 is 2.09. The standard InChI is InChI=1S/C20H24N4OS2/c1-12(2)24-19(16-9-15(5)26-10-16)22-23-20(24)27-11-18(25)21-17-7-13(3)6-14(4)8-17/h6-10,12H,11H2,1-5H3,(H,21,25). The van der Waals surface area contributed by atoms with Gasteiger partial charge in [-0.25, -0.2) is 0 Å². The molecule has 0 atom stereocenters. The molecule has 0 saturated carbocycles. The number of nitrogens with zero attached hydrogens (tertiary/aromatic N) is 3. The number of carbonyl (C=O) groups excluding carboxylic acids is 1. The monoisotopic (exact) mass is 400 g/mol. The average Bonchev–Trinajstić information content (AvgIpc) is 3.17. The minimum atomic E-state index is -0.0452. The van der Waals surface area contributed by atoms with E-state index in [4.69, 9.17) is 0 Å². The van der Waals surface area contributed by atoms with Crippen molar-refractivity contribution in [2.24, 2.45) is 0 Å². The number of thiophene rings is 1. The first kappa shape index (κ1) is 19.6. The maximum Gasteiger partial charge on any atom is 0.234 e. The van der Waals surface area contributed by atoms with E-state index in [2.05, 4.69) is 58.4 Å². The van der Waals surface area contributed by atoms with E-state index in [1.807, 2.05) is 26.0 Å². The summed E-state index contributed by atoms with van der Waals surface area (Å²) in [4.78, 5) is 13.6. The Morgan fingerprint density at radius 1 is 1.15 bits per heavy atom. The second kappa shape index (κ2) is 8.27. The zero-order valence-corrected chi connectivity index (χ0v) is 17.9. The van der Waals surface area contributed by atoms with Crippen LogP contribution in [0.1, 0.15) is 35.9 Å². The highest BCUT2D eigenvalue weighted by Crippen LogP contribution is 2.30. The van der Waals surface area contributed by atoms with Crippen LogP contribution in [-0.2, 0) is 4.79 Å². The van der Waals surface area contributed by atoms with Gasteiger partial charge in [-0.15, -0.1) is 21.5 Å². The van der Waals surface area contributed by atoms with Crippen LogP contribution in [0.2, 0.25) is 0 Å². The zero-order valence-electron chi connectivity index (χ0n) is 16.2. The predicted molar refractivity (Wildman–Crippen MR) is 114 cm³/mol. The van der Waals surface area contributed by atoms with Crippen LogP contribution in [0.5, 0.6) is 0 Å². The molecule has 5 nitrogen and oxygen atoms in total. The molecule has 2 heterocycles. The Bertz CT molecular complexity index is 939. The van der Waals surface area contributed by atoms with Gasteiger partial charge in [-0.3, -0.25) is 9.36 Å². The molecule has 0 aliphatic rings. The fourth-order valence-corrected chi connectivity index (χ4v) is 4.52. The molecule has 142 valence electrons. The molecule has 1 amide bonds. The highest BCUT2D eigenvalue weighted by molar-refractivity contribution is 7.99. The predicted octanol–water partition coefficient (Wildman–Crippen LogP) is 5.24. The zero-order chi connectivity index (χ0) is 19.6. The van der Waals surface area contributed by atoms with Crippen LogP contribution in [0.3, 0.4) is 0 Å². The van der Waals surface area contributed by atoms with Crippen molar-refractivity contribution in [3.05, 3.63) is 45.6 Å². The Morgan fingerprint density at radius 3 is 2.44 bits per heavy atom. The van der Waals surface area contributed by atoms with Gasteiger partial charge in [0.05, 0.1) is 5.75 Å². The Hall–Kier alpha value is -2.12. The lowest BCUT2D eigenvalue weighted by molar-refractivity contribution is -0.113. The molecule has 0 spiro atoms. The lowest BCUT2D eigenvalue weighted by Crippen LogP contribution is -2.15. The molecule has 3 rings (SSSR count). The summed E-state index contributed by atoms with van der Waals surface area (Å²) in [5.41, 5.74) is 4.17. The SMILES string of the molecule is Cc1cc(C)cc(NC(=O)CSc2nnc(-c3csc(C)c3)n2C(C)C)c1. The van der Waals surface area contributed by atoms with Crippen molar-refractivity contribution in [2.75, 3.05) is 11.1 Å². The number of benzene rings is 1. The summed E-state index contributed by atoms with van der Waals surface area (Å²) in [5.74, 6) is 1.10. The topological polar surface area (TPSA) is 59.8 Å². The molecular formula is C20H24N4OS2. The van der Waals surface area contributed by atoms with E-state index in [0.717, 1.165) is 33.4 Å². The van der Waals surface area contributed by atoms with Crippen molar-refractivity contribution in [1.29, 1.82) is 0 Å². The lowest BCUT2D eigenvalue weighted by atomic mass is 10.1. The molecule has 0 fully saturated rings. The van der Waals surface area contributed by atoms with Crippen molar-refractivity contribution >= 4 is 34.7 Å². The fourth-order valence-electron chi connectivity index (χ4n) is 2.97. The molecule has 0 aliphatic heterocycles. The van der Waals surface area contributed by atoms with E-state index in [1.165, 1.54) is 16.6 Å². The summed E-state index contributed by atoms with van der Waals surface area (Å²) in [6, 6.07) is 8.37. The Kier molecular flexibility index (Phi) is 6.01. The third-order valence-electron chi connectivity index (χ3n) is 4.01. The quantitative estimate of drug-likeness (QED) is 0.575. The number of hydrogen-bond donors (Lipinski definition) is 1. The van der Waals surface area contributed by atoms with Gasteiger partial charge < -0.3 is 5.32 Å². The Balaban J connectivity index is 1.72. The van der Waals surface area contributed by atoms with E-state index in [-0.39, 0.29) is 11.9 Å². The number of aromatic nitrogens is 3. The van der Waals surface area contributed by atoms with Gasteiger partial charge in [0, 0.05) is 27.5 Å². The first-order valence-corrected chi connectivity index (χ1v) is 10.7. The van der Waals surface area contributed by atoms with Crippen LogP contribution < -0.4 is 5.32 Å². The molecule has 0 radical (unpaired) electrons. The van der Waals surface area contributed by atoms with E-state index >= 15 is 0 Å². The van der Waals surface area contributed by atoms with Crippen molar-refractivity contribution in [3.63, 3.8) is 0 Å². The average molecular weight is 401 g/mol. The van der Waals surface area contributed by atoms with Gasteiger partial charge >= 0.3 is 0 Å². The summed E-state index contributed by atoms with van der Waals surface area (Å²) in [6.07, 6.45) is 0. The number of carbonyl (C=O) groups is 1. The van der Waals surface area contributed by atoms with E-state index < -0.39 is 0 Å². The highest BCUT2D eigenvalue weighted by atomic mass is 32.2. The molecular weight excluding hydrogens is 376 g/mol. The van der Waals surface area contributed by atoms with Gasteiger partial charge in [0.25, 0.3) is 0 Å². The van der Waals surface area contributed by atoms with Crippen LogP contribution >= 0.6 is 23.1 Å². The van der Waals surface area contributed by atoms with Crippen LogP contribution in [0.4, 0.5) is 5.69 Å². The van der Waals surface area contributed by atoms with Gasteiger partial charge in [0.1, 0.15) is 0 Å². The summed E-state index contributed by atoms with van der Waals surface area (Å²) >= 11 is 3.11. The number of thioether (sulfide) groups is 1. The van der Waals surface area contributed by atoms with Gasteiger partial charge in [0.2, 0.25) is 5.91 Å². The van der Waals surface area contributed by atoms with E-state index in [1.54, 1.807) is 11.3 Å². The van der Waals surface area contributed by atoms with Gasteiger partial charge in [-0.05, 0) is 63.9 Å². The molecule has 0 unspecified atom stereocenters. The molecule has 3 aromatic rings. The molecule has 1 aromatic carbocycles. The summed E-state index contributed by atoms with van der Waals surface area (Å²) in [5, 5.41) is 14.5. The smallest absolute Gasteiger partial charge is 0.234 e. The molecule has 0 saturated heterocycles. The third kappa shape index (κ3) is 4.78. The highest BCUT2D eigenvalue weighted by Gasteiger charge is 2.18. The molecule has 2 aromatic heterocycles. The number of nitrogens with one attached hydrogen (secondary N) is 1. The minimum Gasteiger partial charge on any atom is -0.325 e. The number of amides is 1. The number of rotatable bonds is 6. The van der Waals surface area contributed by atoms with Crippen LogP contribution in [0, 0.1) is 20.8 Å². The van der Waals surface area contributed by atoms with Crippen molar-refractivity contribution in [3.8, 4) is 11.4 Å². The van der Waals surface area contributed by atoms with Crippen molar-refractivity contribution in [1.82, 2.24) is 14.8 Å². The van der Waals surface area contributed by atoms with Crippen molar-refractivity contribution in [2.45, 2.75) is 45.8 Å². The number of aryl methyl sites for hydroxylation is 3. The second-order valence-electron chi connectivity index (χ2n) is 6.93. The van der Waals surface area contributed by atoms with Crippen LogP contribution in [0.15, 0.2) is 34.8 Å². The summed E-state index contributed by atoms with van der Waals surface area (Å²) in [6.45, 7) is 10.3. The second-order valence-corrected chi connectivity index (χ2v) is 8.99. The third-order valence-corrected chi connectivity index (χ3v) is 5.81. The molecule has 7 heteroatoms. The number of anilines is 1. The molecule has 1 N–H and O–H groups in total. The summed E-state index contributed by atoms with van der Waals surface area (Å²) in [7, 11) is 0. The largest absolute Gasteiger partial charge is 0.325 e. The van der Waals surface area contributed by atoms with E-state index in [0.29, 0.717) is 5.75 Å². The van der Waals surface area contributed by atoms with Gasteiger partial charge in [-0.2, -0.15) is 0 Å². The molecule has 0 bridgehead atoms. The first-order chi connectivity index (χ1) is 12.8. The van der Waals surface area contributed by atoms with Crippen LogP contribution in [-0.4, -0.2) is 26.4 Å². The maximum absolute atomic E-state index is 12.4. The maximum atomic E-state index is 12.4. The van der Waals surface area contributed by atoms with Crippen LogP contribution in [0.25, 0.3) is 11.4 Å². The molecule has 27 heavy (non-hydrogen) atoms.